The summed E-state index contributed by atoms with van der Waals surface area (Å²) >= 11 is 0. The summed E-state index contributed by atoms with van der Waals surface area (Å²) < 4.78 is 107. The second kappa shape index (κ2) is 11.3. The first kappa shape index (κ1) is 30.0. The average Bonchev–Trinajstić information content (AvgIpc) is 2.54. The van der Waals surface area contributed by atoms with Crippen molar-refractivity contribution < 1.29 is 53.9 Å². The second-order valence-corrected chi connectivity index (χ2v) is 6.74. The van der Waals surface area contributed by atoms with E-state index in [1.54, 1.807) is 0 Å². The van der Waals surface area contributed by atoms with E-state index < -0.39 is 29.9 Å². The molecular formula is C17H28F9NO2. The Balaban J connectivity index is 0. The Morgan fingerprint density at radius 3 is 1.10 bits per heavy atom. The number of carboxylic acids is 1. The minimum Gasteiger partial charge on any atom is -0.544 e. The van der Waals surface area contributed by atoms with Gasteiger partial charge in [0.1, 0.15) is 5.97 Å². The molecule has 0 saturated carbocycles. The lowest BCUT2D eigenvalue weighted by Gasteiger charge is -2.38. The molecular weight excluding hydrogens is 421 g/mol. The molecule has 3 nitrogen and oxygen atoms in total. The number of halogens is 9. The Morgan fingerprint density at radius 1 is 0.655 bits per heavy atom. The van der Waals surface area contributed by atoms with Gasteiger partial charge in [0.05, 0.1) is 26.2 Å². The van der Waals surface area contributed by atoms with Crippen molar-refractivity contribution in [3.05, 3.63) is 0 Å². The number of carboxylic acid groups (broad SMARTS) is 1. The first-order chi connectivity index (χ1) is 12.9. The van der Waals surface area contributed by atoms with Crippen molar-refractivity contribution in [1.29, 1.82) is 0 Å². The summed E-state index contributed by atoms with van der Waals surface area (Å²) in [4.78, 5) is 9.40. The van der Waals surface area contributed by atoms with Gasteiger partial charge >= 0.3 is 23.9 Å². The zero-order valence-corrected chi connectivity index (χ0v) is 16.8. The fraction of sp³-hybridized carbons (Fsp3) is 0.941. The van der Waals surface area contributed by atoms with Crippen LogP contribution in [0.2, 0.25) is 0 Å². The van der Waals surface area contributed by atoms with Crippen LogP contribution in [-0.4, -0.2) is 60.6 Å². The number of nitrogens with zero attached hydrogens (tertiary/aromatic N) is 1. The van der Waals surface area contributed by atoms with E-state index in [0.717, 1.165) is 0 Å². The third-order valence-electron chi connectivity index (χ3n) is 4.19. The number of hydrogen-bond donors (Lipinski definition) is 0. The molecule has 0 bridgehead atoms. The van der Waals surface area contributed by atoms with Gasteiger partial charge in [0.15, 0.2) is 0 Å². The van der Waals surface area contributed by atoms with E-state index >= 15 is 0 Å². The van der Waals surface area contributed by atoms with Crippen molar-refractivity contribution in [2.75, 3.05) is 26.2 Å². The molecule has 0 radical (unpaired) electrons. The third kappa shape index (κ3) is 7.21. The Bertz CT molecular complexity index is 464. The predicted molar refractivity (Wildman–Crippen MR) is 86.8 cm³/mol. The first-order valence-corrected chi connectivity index (χ1v) is 9.20. The fourth-order valence-electron chi connectivity index (χ4n) is 3.07. The molecule has 0 rings (SSSR count). The minimum atomic E-state index is -7.20. The quantitative estimate of drug-likeness (QED) is 0.340. The summed E-state index contributed by atoms with van der Waals surface area (Å²) in [5, 5.41) is 9.40. The van der Waals surface area contributed by atoms with E-state index in [2.05, 4.69) is 27.7 Å². The van der Waals surface area contributed by atoms with Crippen molar-refractivity contribution in [3.63, 3.8) is 0 Å². The molecule has 12 heteroatoms. The lowest BCUT2D eigenvalue weighted by atomic mass is 10.0. The number of hydrogen-bond acceptors (Lipinski definition) is 2. The standard InChI is InChI=1S/C12H28N.C5HF9O2/c1-5-9-13(10-6-2,11-7-3)12-8-4;6-2(7,1(15)16)3(8,9)4(10,11)5(12,13)14/h5-12H2,1-4H3;(H,15,16)/q+1;/p-1. The van der Waals surface area contributed by atoms with Gasteiger partial charge in [-0.3, -0.25) is 0 Å². The second-order valence-electron chi connectivity index (χ2n) is 6.74. The monoisotopic (exact) mass is 449 g/mol. The van der Waals surface area contributed by atoms with Crippen LogP contribution in [0.15, 0.2) is 0 Å². The Morgan fingerprint density at radius 2 is 0.931 bits per heavy atom. The van der Waals surface area contributed by atoms with Crippen molar-refractivity contribution in [2.45, 2.75) is 77.3 Å². The van der Waals surface area contributed by atoms with Crippen LogP contribution in [0, 0.1) is 0 Å². The maximum atomic E-state index is 12.1. The molecule has 0 aliphatic rings. The minimum absolute atomic E-state index is 1.33. The zero-order chi connectivity index (χ0) is 23.7. The maximum Gasteiger partial charge on any atom is 0.460 e. The SMILES string of the molecule is CCC[N+](CCC)(CCC)CCC.O=C([O-])C(F)(F)C(F)(F)C(F)(F)C(F)(F)F. The van der Waals surface area contributed by atoms with Crippen LogP contribution in [0.5, 0.6) is 0 Å². The van der Waals surface area contributed by atoms with Gasteiger partial charge < -0.3 is 14.4 Å². The first-order valence-electron chi connectivity index (χ1n) is 9.20. The zero-order valence-electron chi connectivity index (χ0n) is 16.8. The highest BCUT2D eigenvalue weighted by molar-refractivity contribution is 5.74. The number of carbonyl (C=O) groups excluding carboxylic acids is 1. The highest BCUT2D eigenvalue weighted by Gasteiger charge is 2.82. The molecule has 0 aromatic rings. The molecule has 0 atom stereocenters. The lowest BCUT2D eigenvalue weighted by molar-refractivity contribution is -0.928. The predicted octanol–water partition coefficient (Wildman–Crippen LogP) is 4.65. The van der Waals surface area contributed by atoms with Gasteiger partial charge in [-0.05, 0) is 25.7 Å². The Hall–Kier alpha value is -1.20. The van der Waals surface area contributed by atoms with Gasteiger partial charge in [-0.1, -0.05) is 27.7 Å². The summed E-state index contributed by atoms with van der Waals surface area (Å²) in [6.07, 6.45) is -1.70. The Labute approximate surface area is 164 Å². The molecule has 0 aliphatic carbocycles. The summed E-state index contributed by atoms with van der Waals surface area (Å²) in [6.45, 7) is 14.8. The fourth-order valence-corrected chi connectivity index (χ4v) is 3.07. The normalized spacial score (nSPS) is 13.7. The molecule has 0 saturated heterocycles. The summed E-state index contributed by atoms with van der Waals surface area (Å²) in [6, 6.07) is 0. The van der Waals surface area contributed by atoms with Crippen molar-refractivity contribution >= 4 is 5.97 Å². The van der Waals surface area contributed by atoms with Crippen molar-refractivity contribution in [3.8, 4) is 0 Å². The summed E-state index contributed by atoms with van der Waals surface area (Å²) in [5.74, 6) is -25.1. The average molecular weight is 449 g/mol. The van der Waals surface area contributed by atoms with E-state index in [0.29, 0.717) is 0 Å². The van der Waals surface area contributed by atoms with Crippen LogP contribution in [0.25, 0.3) is 0 Å². The highest BCUT2D eigenvalue weighted by atomic mass is 19.4. The maximum absolute atomic E-state index is 12.1. The van der Waals surface area contributed by atoms with Crippen LogP contribution in [0.3, 0.4) is 0 Å². The van der Waals surface area contributed by atoms with Crippen LogP contribution < -0.4 is 5.11 Å². The molecule has 0 unspecified atom stereocenters. The van der Waals surface area contributed by atoms with Crippen LogP contribution in [-0.2, 0) is 4.79 Å². The molecule has 0 aromatic carbocycles. The third-order valence-corrected chi connectivity index (χ3v) is 4.19. The molecule has 0 fully saturated rings. The smallest absolute Gasteiger partial charge is 0.460 e. The van der Waals surface area contributed by atoms with E-state index in [-0.39, 0.29) is 0 Å². The van der Waals surface area contributed by atoms with Crippen molar-refractivity contribution in [2.24, 2.45) is 0 Å². The number of rotatable bonds is 11. The molecule has 0 N–H and O–H groups in total. The van der Waals surface area contributed by atoms with Gasteiger partial charge in [0, 0.05) is 0 Å². The Kier molecular flexibility index (Phi) is 11.6. The lowest BCUT2D eigenvalue weighted by Crippen LogP contribution is -2.65. The highest BCUT2D eigenvalue weighted by Crippen LogP contribution is 2.52. The topological polar surface area (TPSA) is 40.1 Å². The molecule has 0 aromatic heterocycles. The van der Waals surface area contributed by atoms with Crippen LogP contribution in [0.4, 0.5) is 39.5 Å². The van der Waals surface area contributed by atoms with Gasteiger partial charge in [0.2, 0.25) is 0 Å². The summed E-state index contributed by atoms with van der Waals surface area (Å²) in [7, 11) is 0. The van der Waals surface area contributed by atoms with Crippen molar-refractivity contribution in [1.82, 2.24) is 0 Å². The summed E-state index contributed by atoms with van der Waals surface area (Å²) in [5.41, 5.74) is 0. The molecule has 0 amide bonds. The van der Waals surface area contributed by atoms with Gasteiger partial charge in [-0.25, -0.2) is 0 Å². The van der Waals surface area contributed by atoms with Gasteiger partial charge in [-0.15, -0.1) is 0 Å². The van der Waals surface area contributed by atoms with E-state index in [4.69, 9.17) is 0 Å². The number of carbonyl (C=O) groups is 1. The van der Waals surface area contributed by atoms with Gasteiger partial charge in [-0.2, -0.15) is 39.5 Å². The van der Waals surface area contributed by atoms with E-state index in [9.17, 15) is 49.4 Å². The number of aliphatic carboxylic acids is 1. The molecule has 176 valence electrons. The van der Waals surface area contributed by atoms with E-state index in [1.807, 2.05) is 0 Å². The van der Waals surface area contributed by atoms with Crippen LogP contribution in [0.1, 0.15) is 53.4 Å². The van der Waals surface area contributed by atoms with Gasteiger partial charge in [0.25, 0.3) is 0 Å². The van der Waals surface area contributed by atoms with E-state index in [1.165, 1.54) is 56.3 Å². The number of quaternary nitrogens is 1. The van der Waals surface area contributed by atoms with Crippen LogP contribution >= 0.6 is 0 Å². The number of alkyl halides is 9. The molecule has 0 spiro atoms. The largest absolute Gasteiger partial charge is 0.544 e. The molecule has 0 heterocycles. The molecule has 0 aliphatic heterocycles. The molecule has 29 heavy (non-hydrogen) atoms.